The van der Waals surface area contributed by atoms with Gasteiger partial charge in [-0.3, -0.25) is 9.59 Å². The number of rotatable bonds is 5. The summed E-state index contributed by atoms with van der Waals surface area (Å²) < 4.78 is 10.2. The zero-order valence-electron chi connectivity index (χ0n) is 9.41. The molecule has 0 bridgehead atoms. The Bertz CT molecular complexity index is 517. The van der Waals surface area contributed by atoms with E-state index in [9.17, 15) is 9.59 Å². The second-order valence-corrected chi connectivity index (χ2v) is 3.47. The van der Waals surface area contributed by atoms with Gasteiger partial charge in [0.2, 0.25) is 0 Å². The van der Waals surface area contributed by atoms with Crippen LogP contribution >= 0.6 is 0 Å². The first-order chi connectivity index (χ1) is 8.83. The van der Waals surface area contributed by atoms with Gasteiger partial charge in [-0.1, -0.05) is 0 Å². The lowest BCUT2D eigenvalue weighted by molar-refractivity contribution is -0.107. The number of hydrogen-bond donors (Lipinski definition) is 0. The molecule has 0 aromatic carbocycles. The van der Waals surface area contributed by atoms with Crippen LogP contribution in [0, 0.1) is 0 Å². The smallest absolute Gasteiger partial charge is 0.150 e. The molecule has 0 aliphatic carbocycles. The summed E-state index contributed by atoms with van der Waals surface area (Å²) in [5.74, 6) is 1.01. The van der Waals surface area contributed by atoms with E-state index in [1.807, 2.05) is 0 Å². The Morgan fingerprint density at radius 1 is 0.833 bits per heavy atom. The lowest BCUT2D eigenvalue weighted by Gasteiger charge is -1.97. The molecule has 0 spiro atoms. The number of carbonyl (C=O) groups excluding carboxylic acids is 2. The summed E-state index contributed by atoms with van der Waals surface area (Å²) in [6, 6.07) is 6.79. The lowest BCUT2D eigenvalue weighted by Crippen LogP contribution is -1.92. The highest BCUT2D eigenvalue weighted by molar-refractivity contribution is 6.02. The first kappa shape index (κ1) is 11.9. The fourth-order valence-electron chi connectivity index (χ4n) is 1.42. The van der Waals surface area contributed by atoms with Gasteiger partial charge in [0.15, 0.2) is 12.6 Å². The van der Waals surface area contributed by atoms with Crippen molar-refractivity contribution in [3.05, 3.63) is 59.5 Å². The van der Waals surface area contributed by atoms with E-state index in [0.29, 0.717) is 24.1 Å². The number of hydrogen-bond acceptors (Lipinski definition) is 4. The van der Waals surface area contributed by atoms with Crippen molar-refractivity contribution >= 4 is 24.7 Å². The van der Waals surface area contributed by atoms with Crippen LogP contribution in [-0.2, 0) is 9.59 Å². The Labute approximate surface area is 103 Å². The molecule has 0 saturated carbocycles. The van der Waals surface area contributed by atoms with Crippen LogP contribution < -0.4 is 0 Å². The standard InChI is InChI=1S/C14H10O4/c15-9-11(7-13-3-1-5-17-13)12(10-16)8-14-4-2-6-18-14/h1-10H/b11-7-,12-8+. The quantitative estimate of drug-likeness (QED) is 0.459. The molecular formula is C14H10O4. The molecule has 0 N–H and O–H groups in total. The van der Waals surface area contributed by atoms with E-state index in [1.165, 1.54) is 24.7 Å². The third kappa shape index (κ3) is 2.74. The zero-order valence-corrected chi connectivity index (χ0v) is 9.41. The average Bonchev–Trinajstić information content (AvgIpc) is 3.06. The third-order valence-corrected chi connectivity index (χ3v) is 2.27. The van der Waals surface area contributed by atoms with E-state index in [4.69, 9.17) is 8.83 Å². The molecule has 2 aromatic heterocycles. The first-order valence-corrected chi connectivity index (χ1v) is 5.24. The summed E-state index contributed by atoms with van der Waals surface area (Å²) in [5.41, 5.74) is 0.465. The summed E-state index contributed by atoms with van der Waals surface area (Å²) in [7, 11) is 0. The van der Waals surface area contributed by atoms with Crippen molar-refractivity contribution in [1.82, 2.24) is 0 Å². The van der Waals surface area contributed by atoms with Crippen molar-refractivity contribution in [3.63, 3.8) is 0 Å². The van der Waals surface area contributed by atoms with Gasteiger partial charge in [-0.05, 0) is 36.4 Å². The van der Waals surface area contributed by atoms with Gasteiger partial charge >= 0.3 is 0 Å². The maximum Gasteiger partial charge on any atom is 0.150 e. The summed E-state index contributed by atoms with van der Waals surface area (Å²) >= 11 is 0. The highest BCUT2D eigenvalue weighted by Gasteiger charge is 2.06. The molecule has 2 heterocycles. The summed E-state index contributed by atoms with van der Waals surface area (Å²) in [6.07, 6.45) is 7.18. The molecule has 0 unspecified atom stereocenters. The van der Waals surface area contributed by atoms with Gasteiger partial charge in [-0.2, -0.15) is 0 Å². The lowest BCUT2D eigenvalue weighted by atomic mass is 10.1. The van der Waals surface area contributed by atoms with Gasteiger partial charge in [-0.25, -0.2) is 0 Å². The normalized spacial score (nSPS) is 12.4. The molecule has 2 aromatic rings. The van der Waals surface area contributed by atoms with E-state index in [2.05, 4.69) is 0 Å². The number of furan rings is 2. The van der Waals surface area contributed by atoms with Crippen molar-refractivity contribution < 1.29 is 18.4 Å². The van der Waals surface area contributed by atoms with E-state index >= 15 is 0 Å². The molecule has 0 atom stereocenters. The predicted molar refractivity (Wildman–Crippen MR) is 65.5 cm³/mol. The van der Waals surface area contributed by atoms with Crippen LogP contribution in [-0.4, -0.2) is 12.6 Å². The molecule has 0 amide bonds. The van der Waals surface area contributed by atoms with E-state index < -0.39 is 0 Å². The molecular weight excluding hydrogens is 232 g/mol. The van der Waals surface area contributed by atoms with Gasteiger partial charge in [0, 0.05) is 11.1 Å². The van der Waals surface area contributed by atoms with Crippen LogP contribution in [0.5, 0.6) is 0 Å². The predicted octanol–water partition coefficient (Wildman–Crippen LogP) is 2.74. The van der Waals surface area contributed by atoms with Gasteiger partial charge in [0.1, 0.15) is 11.5 Å². The first-order valence-electron chi connectivity index (χ1n) is 5.24. The van der Waals surface area contributed by atoms with Crippen molar-refractivity contribution in [2.24, 2.45) is 0 Å². The Morgan fingerprint density at radius 2 is 1.28 bits per heavy atom. The third-order valence-electron chi connectivity index (χ3n) is 2.27. The largest absolute Gasteiger partial charge is 0.465 e. The Morgan fingerprint density at radius 3 is 1.56 bits per heavy atom. The number of carbonyl (C=O) groups is 2. The summed E-state index contributed by atoms with van der Waals surface area (Å²) in [4.78, 5) is 22.0. The van der Waals surface area contributed by atoms with Crippen LogP contribution in [0.25, 0.3) is 12.2 Å². The van der Waals surface area contributed by atoms with Crippen LogP contribution in [0.3, 0.4) is 0 Å². The van der Waals surface area contributed by atoms with E-state index in [-0.39, 0.29) is 11.1 Å². The fraction of sp³-hybridized carbons (Fsp3) is 0. The topological polar surface area (TPSA) is 60.4 Å². The minimum atomic E-state index is 0.233. The van der Waals surface area contributed by atoms with Gasteiger partial charge in [0.25, 0.3) is 0 Å². The molecule has 0 aliphatic heterocycles. The molecule has 0 aliphatic rings. The average molecular weight is 242 g/mol. The van der Waals surface area contributed by atoms with Crippen molar-refractivity contribution in [1.29, 1.82) is 0 Å². The minimum Gasteiger partial charge on any atom is -0.465 e. The minimum absolute atomic E-state index is 0.233. The second kappa shape index (κ2) is 5.63. The van der Waals surface area contributed by atoms with Crippen molar-refractivity contribution in [2.75, 3.05) is 0 Å². The SMILES string of the molecule is O=CC(=C\c1ccco1)/C(C=O)=C\c1ccco1. The highest BCUT2D eigenvalue weighted by Crippen LogP contribution is 2.15. The number of aldehydes is 2. The molecule has 4 nitrogen and oxygen atoms in total. The van der Waals surface area contributed by atoms with Crippen LogP contribution in [0.4, 0.5) is 0 Å². The zero-order chi connectivity index (χ0) is 12.8. The second-order valence-electron chi connectivity index (χ2n) is 3.47. The fourth-order valence-corrected chi connectivity index (χ4v) is 1.42. The molecule has 4 heteroatoms. The molecule has 0 fully saturated rings. The van der Waals surface area contributed by atoms with Crippen LogP contribution in [0.1, 0.15) is 11.5 Å². The Hall–Kier alpha value is -2.62. The maximum absolute atomic E-state index is 11.0. The molecule has 0 radical (unpaired) electrons. The summed E-state index contributed by atoms with van der Waals surface area (Å²) in [6.45, 7) is 0. The van der Waals surface area contributed by atoms with Crippen molar-refractivity contribution in [3.8, 4) is 0 Å². The Balaban J connectivity index is 2.36. The summed E-state index contributed by atoms with van der Waals surface area (Å²) in [5, 5.41) is 0. The number of allylic oxidation sites excluding steroid dienone is 2. The maximum atomic E-state index is 11.0. The van der Waals surface area contributed by atoms with E-state index in [1.54, 1.807) is 24.3 Å². The highest BCUT2D eigenvalue weighted by atomic mass is 16.3. The van der Waals surface area contributed by atoms with Gasteiger partial charge in [-0.15, -0.1) is 0 Å². The Kier molecular flexibility index (Phi) is 3.71. The van der Waals surface area contributed by atoms with Crippen LogP contribution in [0.15, 0.2) is 56.8 Å². The molecule has 0 saturated heterocycles. The van der Waals surface area contributed by atoms with Gasteiger partial charge < -0.3 is 8.83 Å². The molecule has 2 rings (SSSR count). The van der Waals surface area contributed by atoms with Crippen molar-refractivity contribution in [2.45, 2.75) is 0 Å². The molecule has 90 valence electrons. The monoisotopic (exact) mass is 242 g/mol. The molecule has 18 heavy (non-hydrogen) atoms. The van der Waals surface area contributed by atoms with Gasteiger partial charge in [0.05, 0.1) is 12.5 Å². The van der Waals surface area contributed by atoms with E-state index in [0.717, 1.165) is 0 Å². The van der Waals surface area contributed by atoms with Crippen LogP contribution in [0.2, 0.25) is 0 Å².